The third-order valence-electron chi connectivity index (χ3n) is 3.38. The van der Waals surface area contributed by atoms with Gasteiger partial charge in [0.1, 0.15) is 22.9 Å². The minimum Gasteiger partial charge on any atom is -0.481 e. The fourth-order valence-electron chi connectivity index (χ4n) is 2.22. The number of carboxylic acid groups (broad SMARTS) is 1. The van der Waals surface area contributed by atoms with Gasteiger partial charge in [-0.25, -0.2) is 0 Å². The summed E-state index contributed by atoms with van der Waals surface area (Å²) in [5.74, 6) is -4.21. The maximum atomic E-state index is 11.9. The van der Waals surface area contributed by atoms with Crippen LogP contribution in [0.1, 0.15) is 33.1 Å². The molecule has 0 aromatic heterocycles. The van der Waals surface area contributed by atoms with Gasteiger partial charge in [0.15, 0.2) is 0 Å². The number of esters is 1. The molecule has 2 atom stereocenters. The van der Waals surface area contributed by atoms with E-state index in [1.807, 2.05) is 0 Å². The van der Waals surface area contributed by atoms with E-state index in [4.69, 9.17) is 9.84 Å². The molecule has 1 N–H and O–H groups in total. The molecule has 100 valence electrons. The summed E-state index contributed by atoms with van der Waals surface area (Å²) in [6, 6.07) is 0. The third-order valence-corrected chi connectivity index (χ3v) is 3.38. The Morgan fingerprint density at radius 3 is 2.50 bits per heavy atom. The van der Waals surface area contributed by atoms with Crippen molar-refractivity contribution >= 4 is 23.5 Å². The molecule has 1 fully saturated rings. The summed E-state index contributed by atoms with van der Waals surface area (Å²) < 4.78 is 4.85. The topological polar surface area (TPSA) is 97.7 Å². The summed E-state index contributed by atoms with van der Waals surface area (Å²) in [4.78, 5) is 46.0. The number of carboxylic acids is 1. The molecule has 0 aromatic rings. The second-order valence-electron chi connectivity index (χ2n) is 4.42. The maximum absolute atomic E-state index is 11.9. The lowest BCUT2D eigenvalue weighted by Gasteiger charge is -2.34. The Kier molecular flexibility index (Phi) is 4.21. The first-order valence-electron chi connectivity index (χ1n) is 5.79. The number of rotatable bonds is 4. The third kappa shape index (κ3) is 2.42. The largest absolute Gasteiger partial charge is 0.481 e. The van der Waals surface area contributed by atoms with Crippen molar-refractivity contribution in [2.24, 2.45) is 11.3 Å². The van der Waals surface area contributed by atoms with Crippen molar-refractivity contribution in [2.75, 3.05) is 6.61 Å². The molecule has 6 heteroatoms. The van der Waals surface area contributed by atoms with E-state index in [2.05, 4.69) is 0 Å². The number of hydrogen-bond donors (Lipinski definition) is 1. The van der Waals surface area contributed by atoms with E-state index in [9.17, 15) is 19.2 Å². The SMILES string of the molecule is CCOC(=O)[C@]1(C(C)=O)CCC(=O)[C@H](C(=O)O)C1. The molecule has 0 spiro atoms. The average molecular weight is 256 g/mol. The van der Waals surface area contributed by atoms with Crippen LogP contribution in [-0.2, 0) is 23.9 Å². The van der Waals surface area contributed by atoms with Gasteiger partial charge >= 0.3 is 11.9 Å². The predicted octanol–water partition coefficient (Wildman–Crippen LogP) is 0.579. The number of carbonyl (C=O) groups is 4. The molecule has 0 aromatic carbocycles. The summed E-state index contributed by atoms with van der Waals surface area (Å²) >= 11 is 0. The molecular formula is C12H16O6. The molecule has 1 aliphatic carbocycles. The second-order valence-corrected chi connectivity index (χ2v) is 4.42. The van der Waals surface area contributed by atoms with Crippen LogP contribution in [0.25, 0.3) is 0 Å². The zero-order valence-electron chi connectivity index (χ0n) is 10.4. The Morgan fingerprint density at radius 2 is 2.06 bits per heavy atom. The fraction of sp³-hybridized carbons (Fsp3) is 0.667. The van der Waals surface area contributed by atoms with E-state index >= 15 is 0 Å². The van der Waals surface area contributed by atoms with Crippen molar-refractivity contribution in [1.82, 2.24) is 0 Å². The number of ether oxygens (including phenoxy) is 1. The normalized spacial score (nSPS) is 27.7. The van der Waals surface area contributed by atoms with Crippen molar-refractivity contribution in [3.05, 3.63) is 0 Å². The van der Waals surface area contributed by atoms with E-state index < -0.39 is 34.8 Å². The second kappa shape index (κ2) is 5.29. The van der Waals surface area contributed by atoms with Gasteiger partial charge in [-0.05, 0) is 26.7 Å². The van der Waals surface area contributed by atoms with Crippen LogP contribution >= 0.6 is 0 Å². The smallest absolute Gasteiger partial charge is 0.319 e. The Labute approximate surface area is 104 Å². The van der Waals surface area contributed by atoms with Crippen LogP contribution in [0.5, 0.6) is 0 Å². The van der Waals surface area contributed by atoms with Gasteiger partial charge in [0.2, 0.25) is 0 Å². The zero-order valence-corrected chi connectivity index (χ0v) is 10.4. The lowest BCUT2D eigenvalue weighted by molar-refractivity contribution is -0.165. The standard InChI is InChI=1S/C12H16O6/c1-3-18-11(17)12(7(2)13)5-4-9(14)8(6-12)10(15)16/h8H,3-6H2,1-2H3,(H,15,16)/t8-,12-/m1/s1. The van der Waals surface area contributed by atoms with Crippen molar-refractivity contribution in [3.63, 3.8) is 0 Å². The monoisotopic (exact) mass is 256 g/mol. The molecule has 1 rings (SSSR count). The van der Waals surface area contributed by atoms with Gasteiger partial charge in [0, 0.05) is 6.42 Å². The molecule has 0 amide bonds. The van der Waals surface area contributed by atoms with Crippen LogP contribution in [0.3, 0.4) is 0 Å². The van der Waals surface area contributed by atoms with Crippen LogP contribution in [0.2, 0.25) is 0 Å². The van der Waals surface area contributed by atoms with Crippen LogP contribution in [0.4, 0.5) is 0 Å². The van der Waals surface area contributed by atoms with Gasteiger partial charge in [-0.2, -0.15) is 0 Å². The maximum Gasteiger partial charge on any atom is 0.319 e. The quantitative estimate of drug-likeness (QED) is 0.583. The van der Waals surface area contributed by atoms with Gasteiger partial charge in [-0.15, -0.1) is 0 Å². The highest BCUT2D eigenvalue weighted by Gasteiger charge is 2.52. The highest BCUT2D eigenvalue weighted by Crippen LogP contribution is 2.40. The minimum atomic E-state index is -1.48. The molecule has 0 saturated heterocycles. The Balaban J connectivity index is 3.06. The molecule has 1 saturated carbocycles. The van der Waals surface area contributed by atoms with Gasteiger partial charge in [-0.1, -0.05) is 0 Å². The molecule has 18 heavy (non-hydrogen) atoms. The van der Waals surface area contributed by atoms with Crippen LogP contribution in [0, 0.1) is 11.3 Å². The molecule has 0 heterocycles. The number of hydrogen-bond acceptors (Lipinski definition) is 5. The summed E-state index contributed by atoms with van der Waals surface area (Å²) in [5, 5.41) is 8.95. The molecule has 0 radical (unpaired) electrons. The van der Waals surface area contributed by atoms with Gasteiger partial charge in [0.05, 0.1) is 6.61 Å². The van der Waals surface area contributed by atoms with Crippen molar-refractivity contribution in [2.45, 2.75) is 33.1 Å². The average Bonchev–Trinajstić information content (AvgIpc) is 2.29. The van der Waals surface area contributed by atoms with E-state index in [1.54, 1.807) is 6.92 Å². The van der Waals surface area contributed by atoms with E-state index in [-0.39, 0.29) is 25.9 Å². The minimum absolute atomic E-state index is 0.0315. The molecular weight excluding hydrogens is 240 g/mol. The predicted molar refractivity (Wildman–Crippen MR) is 59.7 cm³/mol. The summed E-state index contributed by atoms with van der Waals surface area (Å²) in [7, 11) is 0. The molecule has 0 unspecified atom stereocenters. The van der Waals surface area contributed by atoms with Crippen LogP contribution in [-0.4, -0.2) is 35.2 Å². The molecule has 0 aliphatic heterocycles. The first-order chi connectivity index (χ1) is 8.35. The van der Waals surface area contributed by atoms with Gasteiger partial charge in [-0.3, -0.25) is 19.2 Å². The van der Waals surface area contributed by atoms with Crippen LogP contribution < -0.4 is 0 Å². The van der Waals surface area contributed by atoms with E-state index in [0.717, 1.165) is 0 Å². The Morgan fingerprint density at radius 1 is 1.44 bits per heavy atom. The van der Waals surface area contributed by atoms with E-state index in [1.165, 1.54) is 6.92 Å². The highest BCUT2D eigenvalue weighted by molar-refractivity contribution is 6.07. The van der Waals surface area contributed by atoms with Crippen molar-refractivity contribution in [1.29, 1.82) is 0 Å². The van der Waals surface area contributed by atoms with Crippen molar-refractivity contribution < 1.29 is 29.0 Å². The summed E-state index contributed by atoms with van der Waals surface area (Å²) in [6.45, 7) is 2.94. The first kappa shape index (κ1) is 14.3. The number of ketones is 2. The van der Waals surface area contributed by atoms with Crippen molar-refractivity contribution in [3.8, 4) is 0 Å². The first-order valence-corrected chi connectivity index (χ1v) is 5.79. The van der Waals surface area contributed by atoms with Gasteiger partial charge in [0.25, 0.3) is 0 Å². The fourth-order valence-corrected chi connectivity index (χ4v) is 2.22. The van der Waals surface area contributed by atoms with Gasteiger partial charge < -0.3 is 9.84 Å². The zero-order chi connectivity index (χ0) is 13.9. The highest BCUT2D eigenvalue weighted by atomic mass is 16.5. The molecule has 0 bridgehead atoms. The Bertz CT molecular complexity index is 399. The lowest BCUT2D eigenvalue weighted by Crippen LogP contribution is -2.47. The summed E-state index contributed by atoms with van der Waals surface area (Å²) in [5.41, 5.74) is -1.48. The number of carbonyl (C=O) groups excluding carboxylic acids is 3. The summed E-state index contributed by atoms with van der Waals surface area (Å²) in [6.07, 6.45) is -0.353. The molecule has 1 aliphatic rings. The number of aliphatic carboxylic acids is 1. The van der Waals surface area contributed by atoms with E-state index in [0.29, 0.717) is 0 Å². The molecule has 6 nitrogen and oxygen atoms in total. The lowest BCUT2D eigenvalue weighted by atomic mass is 9.67. The van der Waals surface area contributed by atoms with Crippen LogP contribution in [0.15, 0.2) is 0 Å². The number of Topliss-reactive ketones (excluding diaryl/α,β-unsaturated/α-hetero) is 2. The Hall–Kier alpha value is -1.72.